The van der Waals surface area contributed by atoms with Crippen LogP contribution in [-0.4, -0.2) is 0 Å². The number of allylic oxidation sites excluding steroid dienone is 4. The fourth-order valence-electron chi connectivity index (χ4n) is 11.3. The van der Waals surface area contributed by atoms with Crippen LogP contribution in [0.15, 0.2) is 222 Å². The molecule has 2 nitrogen and oxygen atoms in total. The number of hydrogen-bond donors (Lipinski definition) is 0. The average Bonchev–Trinajstić information content (AvgIpc) is 3.92. The van der Waals surface area contributed by atoms with Gasteiger partial charge in [0.15, 0.2) is 0 Å². The molecular weight excluding hydrogens is 727 g/mol. The van der Waals surface area contributed by atoms with Gasteiger partial charge in [-0.1, -0.05) is 190 Å². The Kier molecular flexibility index (Phi) is 7.65. The molecule has 0 N–H and O–H groups in total. The largest absolute Gasteiger partial charge is 0.456 e. The predicted molar refractivity (Wildman–Crippen MR) is 248 cm³/mol. The number of nitrogens with zero attached hydrogens (tertiary/aromatic N) is 1. The zero-order valence-corrected chi connectivity index (χ0v) is 33.7. The van der Waals surface area contributed by atoms with Gasteiger partial charge < -0.3 is 9.32 Å². The molecule has 1 heterocycles. The first kappa shape index (κ1) is 34.8. The lowest BCUT2D eigenvalue weighted by atomic mass is 9.66. The molecule has 9 aromatic rings. The first-order valence-corrected chi connectivity index (χ1v) is 21.2. The molecule has 0 amide bonds. The Bertz CT molecular complexity index is 3140. The topological polar surface area (TPSA) is 16.4 Å². The molecule has 0 saturated carbocycles. The van der Waals surface area contributed by atoms with Crippen molar-refractivity contribution in [3.05, 3.63) is 251 Å². The third kappa shape index (κ3) is 4.82. The molecule has 60 heavy (non-hydrogen) atoms. The third-order valence-electron chi connectivity index (χ3n) is 13.9. The SMILES string of the molecule is CC1(C)c2ccccc2C2C(N(c3ccc(-c4ccccc4)cc3)c3ccc4c(oc5ccccc54)c3C3(c4ccccc4)c4ccccc4-c4ccccc43)=CC=CC21. The van der Waals surface area contributed by atoms with Gasteiger partial charge in [-0.05, 0) is 97.8 Å². The van der Waals surface area contributed by atoms with Crippen LogP contribution in [0.25, 0.3) is 44.2 Å². The van der Waals surface area contributed by atoms with E-state index < -0.39 is 5.41 Å². The molecule has 2 unspecified atom stereocenters. The van der Waals surface area contributed by atoms with Crippen LogP contribution in [0.4, 0.5) is 11.4 Å². The van der Waals surface area contributed by atoms with Gasteiger partial charge >= 0.3 is 0 Å². The quantitative estimate of drug-likeness (QED) is 0.167. The lowest BCUT2D eigenvalue weighted by Gasteiger charge is -2.41. The van der Waals surface area contributed by atoms with E-state index in [2.05, 4.69) is 231 Å². The molecule has 8 aromatic carbocycles. The summed E-state index contributed by atoms with van der Waals surface area (Å²) in [4.78, 5) is 2.59. The van der Waals surface area contributed by atoms with Crippen LogP contribution < -0.4 is 4.90 Å². The van der Waals surface area contributed by atoms with Crippen LogP contribution in [0, 0.1) is 5.92 Å². The number of hydrogen-bond acceptors (Lipinski definition) is 2. The van der Waals surface area contributed by atoms with E-state index in [-0.39, 0.29) is 17.3 Å². The van der Waals surface area contributed by atoms with Crippen LogP contribution in [0.2, 0.25) is 0 Å². The second-order valence-corrected chi connectivity index (χ2v) is 17.2. The smallest absolute Gasteiger partial charge is 0.142 e. The molecule has 2 atom stereocenters. The maximum absolute atomic E-state index is 7.28. The molecule has 0 saturated heterocycles. The van der Waals surface area contributed by atoms with E-state index in [1.807, 2.05) is 0 Å². The number of fused-ring (bicyclic) bond motifs is 9. The summed E-state index contributed by atoms with van der Waals surface area (Å²) in [6.45, 7) is 4.84. The van der Waals surface area contributed by atoms with Crippen molar-refractivity contribution < 1.29 is 4.42 Å². The van der Waals surface area contributed by atoms with Crippen LogP contribution >= 0.6 is 0 Å². The highest BCUT2D eigenvalue weighted by Crippen LogP contribution is 2.62. The first-order chi connectivity index (χ1) is 29.5. The van der Waals surface area contributed by atoms with E-state index in [0.29, 0.717) is 0 Å². The van der Waals surface area contributed by atoms with Gasteiger partial charge in [-0.15, -0.1) is 0 Å². The Morgan fingerprint density at radius 3 is 1.85 bits per heavy atom. The number of anilines is 2. The van der Waals surface area contributed by atoms with Gasteiger partial charge in [0.05, 0.1) is 11.1 Å². The highest BCUT2D eigenvalue weighted by molar-refractivity contribution is 6.09. The first-order valence-electron chi connectivity index (χ1n) is 21.2. The van der Waals surface area contributed by atoms with Gasteiger partial charge in [-0.25, -0.2) is 0 Å². The Morgan fingerprint density at radius 2 is 1.12 bits per heavy atom. The summed E-state index contributed by atoms with van der Waals surface area (Å²) in [6, 6.07) is 71.5. The second-order valence-electron chi connectivity index (χ2n) is 17.2. The van der Waals surface area contributed by atoms with E-state index in [1.165, 1.54) is 55.8 Å². The molecule has 3 aliphatic rings. The lowest BCUT2D eigenvalue weighted by molar-refractivity contribution is 0.385. The van der Waals surface area contributed by atoms with Crippen LogP contribution in [-0.2, 0) is 10.8 Å². The summed E-state index contributed by atoms with van der Waals surface area (Å²) in [5.74, 6) is 0.403. The molecule has 0 aliphatic heterocycles. The van der Waals surface area contributed by atoms with Gasteiger partial charge in [-0.2, -0.15) is 0 Å². The van der Waals surface area contributed by atoms with Crippen molar-refractivity contribution in [1.29, 1.82) is 0 Å². The molecular formula is C58H43NO. The predicted octanol–water partition coefficient (Wildman–Crippen LogP) is 14.9. The van der Waals surface area contributed by atoms with Gasteiger partial charge in [0.2, 0.25) is 0 Å². The highest BCUT2D eigenvalue weighted by Gasteiger charge is 2.52. The molecule has 0 fully saturated rings. The Labute approximate surface area is 351 Å². The summed E-state index contributed by atoms with van der Waals surface area (Å²) < 4.78 is 7.28. The Balaban J connectivity index is 1.23. The molecule has 12 rings (SSSR count). The Morgan fingerprint density at radius 1 is 0.517 bits per heavy atom. The van der Waals surface area contributed by atoms with E-state index in [0.717, 1.165) is 38.9 Å². The van der Waals surface area contributed by atoms with Gasteiger partial charge in [-0.3, -0.25) is 0 Å². The Hall–Kier alpha value is -7.16. The summed E-state index contributed by atoms with van der Waals surface area (Å²) in [5, 5.41) is 2.23. The van der Waals surface area contributed by atoms with E-state index >= 15 is 0 Å². The molecule has 286 valence electrons. The zero-order chi connectivity index (χ0) is 40.0. The average molecular weight is 770 g/mol. The van der Waals surface area contributed by atoms with Crippen LogP contribution in [0.1, 0.15) is 53.1 Å². The number of rotatable bonds is 6. The molecule has 0 spiro atoms. The van der Waals surface area contributed by atoms with Crippen molar-refractivity contribution >= 4 is 33.3 Å². The lowest BCUT2D eigenvalue weighted by Crippen LogP contribution is -2.34. The van der Waals surface area contributed by atoms with Crippen molar-refractivity contribution in [2.24, 2.45) is 5.92 Å². The third-order valence-corrected chi connectivity index (χ3v) is 13.9. The second kappa shape index (κ2) is 13.2. The van der Waals surface area contributed by atoms with E-state index in [4.69, 9.17) is 4.42 Å². The normalized spacial score (nSPS) is 17.8. The van der Waals surface area contributed by atoms with Gasteiger partial charge in [0, 0.05) is 33.6 Å². The summed E-state index contributed by atoms with van der Waals surface area (Å²) >= 11 is 0. The van der Waals surface area contributed by atoms with Crippen molar-refractivity contribution in [3.8, 4) is 22.3 Å². The summed E-state index contributed by atoms with van der Waals surface area (Å²) in [5.41, 5.74) is 17.1. The summed E-state index contributed by atoms with van der Waals surface area (Å²) in [6.07, 6.45) is 7.13. The monoisotopic (exact) mass is 769 g/mol. The molecule has 3 aliphatic carbocycles. The zero-order valence-electron chi connectivity index (χ0n) is 33.7. The van der Waals surface area contributed by atoms with Gasteiger partial charge in [0.1, 0.15) is 11.2 Å². The fourth-order valence-corrected chi connectivity index (χ4v) is 11.3. The van der Waals surface area contributed by atoms with Crippen molar-refractivity contribution in [2.45, 2.75) is 30.6 Å². The fraction of sp³-hybridized carbons (Fsp3) is 0.103. The van der Waals surface area contributed by atoms with Crippen LogP contribution in [0.3, 0.4) is 0 Å². The highest BCUT2D eigenvalue weighted by atomic mass is 16.3. The molecule has 2 heteroatoms. The minimum absolute atomic E-state index is 0.0553. The number of para-hydroxylation sites is 1. The minimum Gasteiger partial charge on any atom is -0.456 e. The number of benzene rings is 8. The maximum Gasteiger partial charge on any atom is 0.142 e. The summed E-state index contributed by atoms with van der Waals surface area (Å²) in [7, 11) is 0. The van der Waals surface area contributed by atoms with E-state index in [1.54, 1.807) is 0 Å². The van der Waals surface area contributed by atoms with E-state index in [9.17, 15) is 0 Å². The van der Waals surface area contributed by atoms with Crippen molar-refractivity contribution in [2.75, 3.05) is 4.90 Å². The molecule has 0 bridgehead atoms. The number of furan rings is 1. The van der Waals surface area contributed by atoms with Gasteiger partial charge in [0.25, 0.3) is 0 Å². The van der Waals surface area contributed by atoms with Crippen LogP contribution in [0.5, 0.6) is 0 Å². The minimum atomic E-state index is -0.725. The van der Waals surface area contributed by atoms with Crippen molar-refractivity contribution in [3.63, 3.8) is 0 Å². The maximum atomic E-state index is 7.28. The molecule has 1 aromatic heterocycles. The van der Waals surface area contributed by atoms with Crippen molar-refractivity contribution in [1.82, 2.24) is 0 Å². The molecule has 0 radical (unpaired) electrons. The standard InChI is InChI=1S/C58H43NO/c1-57(2)47-26-13-11-25-46(47)54-50(57)29-17-30-51(54)59(41-34-32-39(33-35-41)38-18-5-3-6-19-38)52-37-36-45-44-24-12-16-31-53(44)60-56(45)55(52)58(40-20-7-4-8-21-40)48-27-14-9-22-42(48)43-23-10-15-28-49(43)58/h3-37,50,54H,1-2H3.